The Kier molecular flexibility index (Phi) is 4.34. The van der Waals surface area contributed by atoms with Crippen molar-refractivity contribution >= 4 is 23.4 Å². The van der Waals surface area contributed by atoms with Gasteiger partial charge < -0.3 is 5.11 Å². The summed E-state index contributed by atoms with van der Waals surface area (Å²) in [5, 5.41) is 10.9. The Morgan fingerprint density at radius 3 is 2.56 bits per heavy atom. The first-order valence-electron chi connectivity index (χ1n) is 5.56. The molecule has 1 N–H and O–H groups in total. The van der Waals surface area contributed by atoms with E-state index in [2.05, 4.69) is 6.58 Å². The van der Waals surface area contributed by atoms with Crippen LogP contribution < -0.4 is 0 Å². The molecule has 0 saturated heterocycles. The highest BCUT2D eigenvalue weighted by atomic mass is 35.5. The van der Waals surface area contributed by atoms with Gasteiger partial charge in [0.1, 0.15) is 5.75 Å². The van der Waals surface area contributed by atoms with Crippen molar-refractivity contribution in [3.05, 3.63) is 65.7 Å². The van der Waals surface area contributed by atoms with Gasteiger partial charge in [0, 0.05) is 4.90 Å². The van der Waals surface area contributed by atoms with Gasteiger partial charge in [0.15, 0.2) is 0 Å². The number of phenolic OH excluding ortho intramolecular Hbond substituents is 1. The van der Waals surface area contributed by atoms with E-state index in [0.717, 1.165) is 15.4 Å². The van der Waals surface area contributed by atoms with Gasteiger partial charge in [0.25, 0.3) is 0 Å². The molecule has 0 atom stereocenters. The Labute approximate surface area is 116 Å². The third kappa shape index (κ3) is 2.89. The van der Waals surface area contributed by atoms with Crippen molar-refractivity contribution in [2.45, 2.75) is 16.2 Å². The fourth-order valence-electron chi connectivity index (χ4n) is 1.62. The minimum Gasteiger partial charge on any atom is -0.506 e. The number of aromatic hydroxyl groups is 1. The molecule has 0 aliphatic carbocycles. The molecule has 0 fully saturated rings. The van der Waals surface area contributed by atoms with Crippen LogP contribution in [0.1, 0.15) is 5.56 Å². The van der Waals surface area contributed by atoms with E-state index in [1.54, 1.807) is 6.08 Å². The molecule has 0 saturated carbocycles. The molecule has 0 bridgehead atoms. The van der Waals surface area contributed by atoms with Crippen LogP contribution in [0, 0.1) is 0 Å². The molecule has 0 heterocycles. The molecular formula is C15H13ClOS. The first-order chi connectivity index (χ1) is 8.72. The van der Waals surface area contributed by atoms with Crippen molar-refractivity contribution in [3.63, 3.8) is 0 Å². The summed E-state index contributed by atoms with van der Waals surface area (Å²) < 4.78 is 0. The van der Waals surface area contributed by atoms with Gasteiger partial charge in [-0.05, 0) is 30.2 Å². The molecule has 18 heavy (non-hydrogen) atoms. The lowest BCUT2D eigenvalue weighted by molar-refractivity contribution is 0.456. The van der Waals surface area contributed by atoms with Crippen LogP contribution in [-0.2, 0) is 6.42 Å². The average Bonchev–Trinajstić information content (AvgIpc) is 2.37. The summed E-state index contributed by atoms with van der Waals surface area (Å²) in [7, 11) is 0. The normalized spacial score (nSPS) is 10.3. The number of rotatable bonds is 4. The minimum atomic E-state index is 0.308. The molecular weight excluding hydrogens is 264 g/mol. The smallest absolute Gasteiger partial charge is 0.132 e. The number of phenols is 1. The second kappa shape index (κ2) is 5.98. The minimum absolute atomic E-state index is 0.308. The fraction of sp³-hybridized carbons (Fsp3) is 0.0667. The van der Waals surface area contributed by atoms with E-state index in [1.165, 1.54) is 11.8 Å². The van der Waals surface area contributed by atoms with Crippen molar-refractivity contribution in [3.8, 4) is 5.75 Å². The van der Waals surface area contributed by atoms with Gasteiger partial charge in [0.2, 0.25) is 0 Å². The van der Waals surface area contributed by atoms with Crippen LogP contribution in [-0.4, -0.2) is 5.11 Å². The number of hydrogen-bond donors (Lipinski definition) is 1. The van der Waals surface area contributed by atoms with Gasteiger partial charge in [-0.15, -0.1) is 6.58 Å². The van der Waals surface area contributed by atoms with Gasteiger partial charge in [-0.2, -0.15) is 0 Å². The molecule has 2 aromatic rings. The monoisotopic (exact) mass is 276 g/mol. The molecule has 0 unspecified atom stereocenters. The van der Waals surface area contributed by atoms with Crippen molar-refractivity contribution in [2.75, 3.05) is 0 Å². The van der Waals surface area contributed by atoms with Gasteiger partial charge >= 0.3 is 0 Å². The zero-order chi connectivity index (χ0) is 13.0. The Morgan fingerprint density at radius 2 is 1.83 bits per heavy atom. The second-order valence-electron chi connectivity index (χ2n) is 3.79. The summed E-state index contributed by atoms with van der Waals surface area (Å²) >= 11 is 7.57. The van der Waals surface area contributed by atoms with E-state index in [9.17, 15) is 5.11 Å². The van der Waals surface area contributed by atoms with Crippen molar-refractivity contribution < 1.29 is 5.11 Å². The molecule has 0 spiro atoms. The van der Waals surface area contributed by atoms with E-state index in [1.807, 2.05) is 42.5 Å². The van der Waals surface area contributed by atoms with E-state index in [-0.39, 0.29) is 0 Å². The second-order valence-corrected chi connectivity index (χ2v) is 5.28. The third-order valence-corrected chi connectivity index (χ3v) is 4.07. The van der Waals surface area contributed by atoms with Crippen LogP contribution in [0.25, 0.3) is 0 Å². The number of hydrogen-bond acceptors (Lipinski definition) is 2. The lowest BCUT2D eigenvalue weighted by Crippen LogP contribution is -1.84. The molecule has 0 aliphatic rings. The quantitative estimate of drug-likeness (QED) is 0.800. The first kappa shape index (κ1) is 13.1. The molecule has 3 heteroatoms. The standard InChI is InChI=1S/C15H13ClOS/c1-2-6-11-7-5-10-14(15(11)17)18-13-9-4-3-8-12(13)16/h2-5,7-10,17H,1,6H2. The van der Waals surface area contributed by atoms with Gasteiger partial charge in [0.05, 0.1) is 9.92 Å². The maximum atomic E-state index is 10.2. The summed E-state index contributed by atoms with van der Waals surface area (Å²) in [4.78, 5) is 1.74. The van der Waals surface area contributed by atoms with E-state index < -0.39 is 0 Å². The number of halogens is 1. The summed E-state index contributed by atoms with van der Waals surface area (Å²) in [6, 6.07) is 13.3. The molecule has 1 nitrogen and oxygen atoms in total. The summed E-state index contributed by atoms with van der Waals surface area (Å²) in [5.74, 6) is 0.308. The molecule has 2 aromatic carbocycles. The van der Waals surface area contributed by atoms with E-state index in [4.69, 9.17) is 11.6 Å². The Hall–Kier alpha value is -1.38. The van der Waals surface area contributed by atoms with E-state index >= 15 is 0 Å². The van der Waals surface area contributed by atoms with Crippen LogP contribution in [0.4, 0.5) is 0 Å². The fourth-order valence-corrected chi connectivity index (χ4v) is 2.79. The first-order valence-corrected chi connectivity index (χ1v) is 6.76. The molecule has 92 valence electrons. The van der Waals surface area contributed by atoms with Gasteiger partial charge in [-0.3, -0.25) is 0 Å². The van der Waals surface area contributed by atoms with Crippen molar-refractivity contribution in [1.29, 1.82) is 0 Å². The Bertz CT molecular complexity index is 566. The highest BCUT2D eigenvalue weighted by Crippen LogP contribution is 2.39. The molecule has 0 aromatic heterocycles. The van der Waals surface area contributed by atoms with E-state index in [0.29, 0.717) is 17.2 Å². The third-order valence-electron chi connectivity index (χ3n) is 2.50. The SMILES string of the molecule is C=CCc1cccc(Sc2ccccc2Cl)c1O. The number of para-hydroxylation sites is 1. The van der Waals surface area contributed by atoms with Crippen LogP contribution in [0.3, 0.4) is 0 Å². The highest BCUT2D eigenvalue weighted by Gasteiger charge is 2.09. The van der Waals surface area contributed by atoms with Crippen molar-refractivity contribution in [1.82, 2.24) is 0 Å². The molecule has 0 aliphatic heterocycles. The van der Waals surface area contributed by atoms with Crippen LogP contribution in [0.15, 0.2) is 64.9 Å². The summed E-state index contributed by atoms with van der Waals surface area (Å²) in [6.07, 6.45) is 2.43. The largest absolute Gasteiger partial charge is 0.506 e. The maximum Gasteiger partial charge on any atom is 0.132 e. The zero-order valence-electron chi connectivity index (χ0n) is 9.77. The number of benzene rings is 2. The Balaban J connectivity index is 2.32. The summed E-state index contributed by atoms with van der Waals surface area (Å²) in [6.45, 7) is 3.69. The maximum absolute atomic E-state index is 10.2. The number of allylic oxidation sites excluding steroid dienone is 1. The van der Waals surface area contributed by atoms with Gasteiger partial charge in [-0.1, -0.05) is 53.7 Å². The molecule has 0 amide bonds. The lowest BCUT2D eigenvalue weighted by atomic mass is 10.1. The van der Waals surface area contributed by atoms with Gasteiger partial charge in [-0.25, -0.2) is 0 Å². The predicted octanol–water partition coefficient (Wildman–Crippen LogP) is 4.93. The van der Waals surface area contributed by atoms with Crippen LogP contribution in [0.5, 0.6) is 5.75 Å². The summed E-state index contributed by atoms with van der Waals surface area (Å²) in [5.41, 5.74) is 0.877. The lowest BCUT2D eigenvalue weighted by Gasteiger charge is -2.09. The topological polar surface area (TPSA) is 20.2 Å². The van der Waals surface area contributed by atoms with Crippen molar-refractivity contribution in [2.24, 2.45) is 0 Å². The molecule has 2 rings (SSSR count). The zero-order valence-corrected chi connectivity index (χ0v) is 11.3. The highest BCUT2D eigenvalue weighted by molar-refractivity contribution is 7.99. The van der Waals surface area contributed by atoms with Crippen LogP contribution in [0.2, 0.25) is 5.02 Å². The van der Waals surface area contributed by atoms with Crippen LogP contribution >= 0.6 is 23.4 Å². The average molecular weight is 277 g/mol. The molecule has 0 radical (unpaired) electrons. The Morgan fingerprint density at radius 1 is 1.11 bits per heavy atom. The predicted molar refractivity (Wildman–Crippen MR) is 77.6 cm³/mol.